The van der Waals surface area contributed by atoms with E-state index in [0.29, 0.717) is 89.1 Å². The third-order valence-corrected chi connectivity index (χ3v) is 22.2. The van der Waals surface area contributed by atoms with Crippen molar-refractivity contribution in [2.75, 3.05) is 112 Å². The molecule has 12 aromatic rings. The van der Waals surface area contributed by atoms with Crippen molar-refractivity contribution >= 4 is 142 Å². The number of rotatable bonds is 23. The van der Waals surface area contributed by atoms with Gasteiger partial charge in [0.05, 0.1) is 103 Å². The van der Waals surface area contributed by atoms with Crippen molar-refractivity contribution in [3.63, 3.8) is 0 Å². The number of likely N-dealkylation sites (N-methyl/N-ethyl adjacent to an activating group) is 1. The standard InChI is InChI=1S/C20H24NO.C18H19NO3.2C16H15NO2.C15H13N3O.C14H11NO/c1-4-21(5-2,6-3)14-17-13-16-11-7-9-15-10-8-12-18(19(15)16)20(17)22;19-7-8-21-9-10-22-12-15-11-14-5-1-3-13-4-2-6-16(17(13)14)18(15)20;17-7-8-19-10-13-9-12-5-1-3-11-4-2-6-14(15(11)12)16(13)18;18-8-7-17-10-13-9-12-5-1-3-11-4-2-6-14(15(11)12)16(13)19;16-15(17)18-8-11-7-10-5-1-3-9-4-2-6-12(13(9)10)14(11)19;15-8-11-7-10-5-1-3-9-4-2-6-12(13(9)10)14(11)16/h7-13H,4-6,14H2,1-3H3;1-6,11H,7-10,12,19H2;1-6,9H,7-8,10,17H2;1-6,9,17-18H,7-8,10H2;1-7H,8H2,(H4,16,17,18);1-7H,8,15H2/q+1;;;;;/p+4. The van der Waals surface area contributed by atoms with Gasteiger partial charge in [0.2, 0.25) is 0 Å². The van der Waals surface area contributed by atoms with E-state index in [-0.39, 0.29) is 47.3 Å². The average Bonchev–Trinajstić information content (AvgIpc) is 0.699. The Labute approximate surface area is 680 Å². The van der Waals surface area contributed by atoms with Gasteiger partial charge < -0.3 is 46.3 Å². The van der Waals surface area contributed by atoms with Crippen molar-refractivity contribution in [2.45, 2.75) is 20.8 Å². The lowest BCUT2D eigenvalue weighted by Crippen LogP contribution is -2.85. The Bertz CT molecular complexity index is 5940. The number of nitrogens with two attached hydrogens (primary N) is 4. The minimum absolute atomic E-state index is 0.0260. The van der Waals surface area contributed by atoms with Crippen LogP contribution in [0, 0.1) is 0 Å². The SMILES string of the molecule is CC[N+](CC)(CC)CC1=Cc2cccc3cccc(c23)C1=O.NC(N)=[NH+]CC1=Cc2cccc3cccc(c23)C1=O.NCC1=Cc2cccc3cccc(c23)C1=O.O=C1C(C[NH2+]CCO)=Cc2cccc3cccc1c23.[NH3+]CCOCC1=Cc2cccc3cccc(c23)C1=O.[NH3+]CCOCCOCC1=Cc2cccc3cccc(c23)C1=O. The minimum atomic E-state index is 0.0260. The van der Waals surface area contributed by atoms with Gasteiger partial charge in [0.15, 0.2) is 34.7 Å². The van der Waals surface area contributed by atoms with Gasteiger partial charge in [-0.25, -0.2) is 0 Å². The molecule has 0 unspecified atom stereocenters. The molecule has 16 N–H and O–H groups in total. The van der Waals surface area contributed by atoms with E-state index < -0.39 is 0 Å². The van der Waals surface area contributed by atoms with E-state index >= 15 is 0 Å². The molecular weight excluding hydrogens is 1460 g/mol. The maximum Gasteiger partial charge on any atom is 0.339 e. The van der Waals surface area contributed by atoms with Crippen LogP contribution in [0.2, 0.25) is 0 Å². The minimum Gasteiger partial charge on any atom is -0.391 e. The zero-order valence-corrected chi connectivity index (χ0v) is 66.6. The molecule has 18 heteroatoms. The number of benzene rings is 12. The van der Waals surface area contributed by atoms with Gasteiger partial charge in [-0.3, -0.25) is 45.2 Å². The third-order valence-electron chi connectivity index (χ3n) is 22.2. The summed E-state index contributed by atoms with van der Waals surface area (Å²) in [5.41, 5.74) is 39.6. The Morgan fingerprint density at radius 3 is 0.974 bits per heavy atom. The summed E-state index contributed by atoms with van der Waals surface area (Å²) in [5.74, 6) is 0.660. The predicted molar refractivity (Wildman–Crippen MR) is 469 cm³/mol. The van der Waals surface area contributed by atoms with Crippen LogP contribution in [0.1, 0.15) is 116 Å². The third kappa shape index (κ3) is 18.2. The number of ether oxygens (including phenoxy) is 3. The Kier molecular flexibility index (Phi) is 27.1. The highest BCUT2D eigenvalue weighted by molar-refractivity contribution is 6.27. The molecule has 12 aromatic carbocycles. The number of carbonyl (C=O) groups excluding carboxylic acids is 6. The molecule has 0 heterocycles. The number of hydrogen-bond acceptors (Lipinski definition) is 11. The molecule has 592 valence electrons. The van der Waals surface area contributed by atoms with Crippen molar-refractivity contribution in [2.24, 2.45) is 17.2 Å². The topological polar surface area (TPSA) is 314 Å². The van der Waals surface area contributed by atoms with E-state index in [1.165, 1.54) is 5.56 Å². The lowest BCUT2D eigenvalue weighted by Gasteiger charge is -2.36. The van der Waals surface area contributed by atoms with Crippen LogP contribution in [0.5, 0.6) is 0 Å². The molecule has 0 radical (unpaired) electrons. The molecule has 0 saturated heterocycles. The molecule has 18 nitrogen and oxygen atoms in total. The summed E-state index contributed by atoms with van der Waals surface area (Å²) in [6.07, 6.45) is 11.8. The summed E-state index contributed by atoms with van der Waals surface area (Å²) in [4.78, 5) is 77.7. The van der Waals surface area contributed by atoms with Gasteiger partial charge in [-0.2, -0.15) is 0 Å². The molecule has 0 aliphatic heterocycles. The Hall–Kier alpha value is -12.4. The number of nitrogens with one attached hydrogen (secondary N) is 1. The molecule has 18 rings (SSSR count). The highest BCUT2D eigenvalue weighted by Gasteiger charge is 2.31. The van der Waals surface area contributed by atoms with Crippen molar-refractivity contribution in [1.29, 1.82) is 0 Å². The van der Waals surface area contributed by atoms with Crippen LogP contribution in [0.25, 0.3) is 101 Å². The van der Waals surface area contributed by atoms with Crippen molar-refractivity contribution in [3.8, 4) is 0 Å². The summed E-state index contributed by atoms with van der Waals surface area (Å²) in [6.45, 7) is 17.0. The van der Waals surface area contributed by atoms with Crippen LogP contribution in [-0.4, -0.2) is 162 Å². The Balaban J connectivity index is 0.000000122. The molecule has 0 saturated carbocycles. The lowest BCUT2D eigenvalue weighted by molar-refractivity contribution is -0.918. The first kappa shape index (κ1) is 82.5. The fraction of sp³-hybridized carbons (Fsp3) is 0.202. The second kappa shape index (κ2) is 38.3. The fourth-order valence-electron chi connectivity index (χ4n) is 16.1. The molecule has 0 fully saturated rings. The molecule has 0 bridgehead atoms. The van der Waals surface area contributed by atoms with Crippen LogP contribution < -0.4 is 39.0 Å². The number of ketones is 6. The average molecular weight is 1560 g/mol. The first-order chi connectivity index (χ1) is 57.0. The number of guanidine groups is 1. The number of nitrogens with zero attached hydrogens (tertiary/aromatic N) is 1. The molecule has 6 aliphatic rings. The van der Waals surface area contributed by atoms with Gasteiger partial charge >= 0.3 is 5.96 Å². The molecule has 0 aromatic heterocycles. The van der Waals surface area contributed by atoms with E-state index in [2.05, 4.69) is 67.6 Å². The van der Waals surface area contributed by atoms with Crippen molar-refractivity contribution in [1.82, 2.24) is 0 Å². The number of aliphatic hydroxyl groups excluding tert-OH is 1. The first-order valence-electron chi connectivity index (χ1n) is 40.1. The molecule has 117 heavy (non-hydrogen) atoms. The second-order valence-corrected chi connectivity index (χ2v) is 29.4. The predicted octanol–water partition coefficient (Wildman–Crippen LogP) is 10.8. The summed E-state index contributed by atoms with van der Waals surface area (Å²) in [7, 11) is 0. The summed E-state index contributed by atoms with van der Waals surface area (Å²) < 4.78 is 17.3. The Morgan fingerprint density at radius 2 is 0.641 bits per heavy atom. The van der Waals surface area contributed by atoms with Gasteiger partial charge in [-0.15, -0.1) is 0 Å². The van der Waals surface area contributed by atoms with E-state index in [4.69, 9.17) is 36.5 Å². The monoisotopic (exact) mass is 1560 g/mol. The molecule has 0 amide bonds. The quantitative estimate of drug-likeness (QED) is 0.0128. The van der Waals surface area contributed by atoms with Gasteiger partial charge in [0.25, 0.3) is 0 Å². The molecule has 6 aliphatic carbocycles. The maximum atomic E-state index is 13.0. The normalized spacial score (nSPS) is 13.8. The van der Waals surface area contributed by atoms with Gasteiger partial charge in [-0.05, 0) is 123 Å². The van der Waals surface area contributed by atoms with Crippen LogP contribution in [0.15, 0.2) is 252 Å². The largest absolute Gasteiger partial charge is 0.391 e. The lowest BCUT2D eigenvalue weighted by atomic mass is 9.87. The highest BCUT2D eigenvalue weighted by Crippen LogP contribution is 2.38. The van der Waals surface area contributed by atoms with E-state index in [0.717, 1.165) is 180 Å². The smallest absolute Gasteiger partial charge is 0.339 e. The van der Waals surface area contributed by atoms with Crippen LogP contribution >= 0.6 is 0 Å². The van der Waals surface area contributed by atoms with Gasteiger partial charge in [0.1, 0.15) is 13.1 Å². The summed E-state index contributed by atoms with van der Waals surface area (Å²) in [5, 5.41) is 23.7. The molecular formula is C99H101N8O10+5. The maximum absolute atomic E-state index is 13.0. The van der Waals surface area contributed by atoms with Crippen LogP contribution in [0.3, 0.4) is 0 Å². The van der Waals surface area contributed by atoms with Gasteiger partial charge in [0, 0.05) is 94.5 Å². The number of aliphatic hydroxyl groups is 1. The van der Waals surface area contributed by atoms with E-state index in [1.54, 1.807) is 0 Å². The van der Waals surface area contributed by atoms with Crippen LogP contribution in [0.4, 0.5) is 0 Å². The molecule has 0 atom stereocenters. The van der Waals surface area contributed by atoms with Crippen LogP contribution in [-0.2, 0) is 14.2 Å². The summed E-state index contributed by atoms with van der Waals surface area (Å²) in [6, 6.07) is 71.8. The summed E-state index contributed by atoms with van der Waals surface area (Å²) >= 11 is 0. The van der Waals surface area contributed by atoms with E-state index in [1.807, 2.05) is 230 Å². The zero-order chi connectivity index (χ0) is 82.1. The zero-order valence-electron chi connectivity index (χ0n) is 66.6. The number of carbonyl (C=O) groups is 6. The highest BCUT2D eigenvalue weighted by atomic mass is 16.5. The number of hydrogen-bond donors (Lipinski definition) is 8. The van der Waals surface area contributed by atoms with Gasteiger partial charge in [-0.1, -0.05) is 218 Å². The fourth-order valence-corrected chi connectivity index (χ4v) is 16.1. The number of Topliss-reactive ketones (excluding diaryl/α,β-unsaturated/α-hetero) is 6. The van der Waals surface area contributed by atoms with Crippen molar-refractivity contribution in [3.05, 3.63) is 319 Å². The van der Waals surface area contributed by atoms with E-state index in [9.17, 15) is 28.8 Å². The van der Waals surface area contributed by atoms with Crippen molar-refractivity contribution < 1.29 is 74.3 Å². The molecule has 0 spiro atoms. The first-order valence-corrected chi connectivity index (χ1v) is 40.1. The second-order valence-electron chi connectivity index (χ2n) is 29.4. The Morgan fingerprint density at radius 1 is 0.368 bits per heavy atom. The number of quaternary nitrogens is 4.